The Labute approximate surface area is 242 Å². The predicted octanol–water partition coefficient (Wildman–Crippen LogP) is 3.83. The largest absolute Gasteiger partial charge is 0.356 e. The number of ketones is 2. The van der Waals surface area contributed by atoms with Gasteiger partial charge in [0, 0.05) is 48.8 Å². The van der Waals surface area contributed by atoms with Gasteiger partial charge in [-0.2, -0.15) is 0 Å². The van der Waals surface area contributed by atoms with Gasteiger partial charge in [0.1, 0.15) is 0 Å². The van der Waals surface area contributed by atoms with Gasteiger partial charge in [0.15, 0.2) is 5.78 Å². The van der Waals surface area contributed by atoms with Gasteiger partial charge in [0.05, 0.1) is 11.7 Å². The van der Waals surface area contributed by atoms with Gasteiger partial charge in [-0.25, -0.2) is 0 Å². The lowest BCUT2D eigenvalue weighted by Gasteiger charge is -2.28. The van der Waals surface area contributed by atoms with E-state index >= 15 is 0 Å². The van der Waals surface area contributed by atoms with Crippen LogP contribution in [0.4, 0.5) is 0 Å². The molecule has 1 aliphatic heterocycles. The van der Waals surface area contributed by atoms with Crippen LogP contribution in [0.2, 0.25) is 0 Å². The second-order valence-corrected chi connectivity index (χ2v) is 12.2. The number of aryl methyl sites for hydroxylation is 1. The third kappa shape index (κ3) is 7.83. The highest BCUT2D eigenvalue weighted by atomic mass is 16.2. The summed E-state index contributed by atoms with van der Waals surface area (Å²) in [6, 6.07) is 8.37. The normalized spacial score (nSPS) is 19.4. The first-order chi connectivity index (χ1) is 19.6. The molecule has 1 saturated carbocycles. The van der Waals surface area contributed by atoms with Crippen LogP contribution in [0.25, 0.3) is 10.9 Å². The molecule has 1 aromatic heterocycles. The van der Waals surface area contributed by atoms with Gasteiger partial charge >= 0.3 is 0 Å². The smallest absolute Gasteiger partial charge is 0.289 e. The van der Waals surface area contributed by atoms with E-state index in [4.69, 9.17) is 0 Å². The summed E-state index contributed by atoms with van der Waals surface area (Å²) in [5.74, 6) is -3.24. The molecule has 3 N–H and O–H groups in total. The molecule has 4 rings (SSSR count). The number of nitrogens with zero attached hydrogens (tertiary/aromatic N) is 1. The van der Waals surface area contributed by atoms with E-state index in [2.05, 4.69) is 16.0 Å². The first kappa shape index (κ1) is 30.5. The van der Waals surface area contributed by atoms with Crippen molar-refractivity contribution in [2.75, 3.05) is 6.54 Å². The molecular weight excluding hydrogens is 520 g/mol. The zero-order valence-corrected chi connectivity index (χ0v) is 24.5. The number of aromatic nitrogens is 1. The van der Waals surface area contributed by atoms with Gasteiger partial charge in [-0.1, -0.05) is 51.3 Å². The highest BCUT2D eigenvalue weighted by Gasteiger charge is 2.36. The Balaban J connectivity index is 1.51. The number of hydrogen-bond donors (Lipinski definition) is 3. The summed E-state index contributed by atoms with van der Waals surface area (Å²) in [4.78, 5) is 66.1. The first-order valence-corrected chi connectivity index (χ1v) is 15.1. The molecule has 2 aromatic rings. The molecule has 0 bridgehead atoms. The Hall–Kier alpha value is -3.49. The van der Waals surface area contributed by atoms with Crippen molar-refractivity contribution < 1.29 is 24.0 Å². The zero-order chi connectivity index (χ0) is 29.5. The lowest BCUT2D eigenvalue weighted by Crippen LogP contribution is -2.53. The van der Waals surface area contributed by atoms with Crippen molar-refractivity contribution in [3.8, 4) is 0 Å². The number of nitrogens with one attached hydrogen (secondary N) is 3. The fraction of sp³-hybridized carbons (Fsp3) is 0.594. The summed E-state index contributed by atoms with van der Waals surface area (Å²) in [5, 5.41) is 9.45. The van der Waals surface area contributed by atoms with Crippen molar-refractivity contribution in [1.82, 2.24) is 20.5 Å². The first-order valence-electron chi connectivity index (χ1n) is 15.1. The number of para-hydroxylation sites is 1. The van der Waals surface area contributed by atoms with Gasteiger partial charge in [-0.15, -0.1) is 0 Å². The van der Waals surface area contributed by atoms with Crippen LogP contribution in [0.5, 0.6) is 0 Å². The van der Waals surface area contributed by atoms with Crippen LogP contribution in [-0.4, -0.2) is 52.5 Å². The number of fused-ring (bicyclic) bond motifs is 1. The maximum absolute atomic E-state index is 13.7. The lowest BCUT2D eigenvalue weighted by molar-refractivity contribution is -0.142. The van der Waals surface area contributed by atoms with E-state index < -0.39 is 35.5 Å². The standard InChI is InChI=1S/C32H44N4O5/c1-20(2)16-23(19-28(37)27-18-21-10-7-8-14-26(21)36(27)3)31(40)35-25(17-22-11-9-15-33-30(22)39)29(38)32(41)34-24-12-5-4-6-13-24/h7-8,10,14,18,20,22-25H,4-6,9,11-13,15-17,19H2,1-3H3,(H,33,39)(H,34,41)(H,35,40)/t22-,23+,25-/m0/s1. The van der Waals surface area contributed by atoms with Crippen LogP contribution in [0.1, 0.15) is 88.5 Å². The minimum Gasteiger partial charge on any atom is -0.356 e. The molecule has 41 heavy (non-hydrogen) atoms. The fourth-order valence-electron chi connectivity index (χ4n) is 6.26. The number of amides is 3. The Kier molecular flexibility index (Phi) is 10.3. The second kappa shape index (κ2) is 13.9. The summed E-state index contributed by atoms with van der Waals surface area (Å²) in [7, 11) is 1.84. The highest BCUT2D eigenvalue weighted by molar-refractivity contribution is 6.38. The molecule has 2 fully saturated rings. The maximum Gasteiger partial charge on any atom is 0.289 e. The molecule has 2 heterocycles. The average Bonchev–Trinajstić information content (AvgIpc) is 3.29. The average molecular weight is 565 g/mol. The van der Waals surface area contributed by atoms with E-state index in [0.29, 0.717) is 25.1 Å². The quantitative estimate of drug-likeness (QED) is 0.267. The maximum atomic E-state index is 13.7. The van der Waals surface area contributed by atoms with E-state index in [1.807, 2.05) is 55.8 Å². The molecule has 3 atom stereocenters. The second-order valence-electron chi connectivity index (χ2n) is 12.2. The molecule has 0 unspecified atom stereocenters. The van der Waals surface area contributed by atoms with Crippen molar-refractivity contribution in [3.63, 3.8) is 0 Å². The van der Waals surface area contributed by atoms with Crippen LogP contribution >= 0.6 is 0 Å². The van der Waals surface area contributed by atoms with E-state index in [1.165, 1.54) is 0 Å². The topological polar surface area (TPSA) is 126 Å². The minimum atomic E-state index is -1.14. The van der Waals surface area contributed by atoms with Crippen molar-refractivity contribution in [2.24, 2.45) is 24.8 Å². The number of carbonyl (C=O) groups is 5. The van der Waals surface area contributed by atoms with Crippen molar-refractivity contribution in [2.45, 2.75) is 90.1 Å². The molecule has 9 heteroatoms. The third-order valence-corrected chi connectivity index (χ3v) is 8.51. The van der Waals surface area contributed by atoms with Gasteiger partial charge in [0.2, 0.25) is 17.6 Å². The summed E-state index contributed by atoms with van der Waals surface area (Å²) >= 11 is 0. The number of hydrogen-bond acceptors (Lipinski definition) is 5. The number of Topliss-reactive ketones (excluding diaryl/α,β-unsaturated/α-hetero) is 2. The predicted molar refractivity (Wildman–Crippen MR) is 157 cm³/mol. The molecular formula is C32H44N4O5. The van der Waals surface area contributed by atoms with Crippen LogP contribution in [0, 0.1) is 17.8 Å². The Morgan fingerprint density at radius 3 is 2.44 bits per heavy atom. The van der Waals surface area contributed by atoms with E-state index in [-0.39, 0.29) is 36.5 Å². The van der Waals surface area contributed by atoms with Crippen molar-refractivity contribution >= 4 is 40.2 Å². The third-order valence-electron chi connectivity index (χ3n) is 8.51. The SMILES string of the molecule is CC(C)C[C@H](CC(=O)c1cc2ccccc2n1C)C(=O)N[C@@H](C[C@@H]1CCCNC1=O)C(=O)C(=O)NC1CCCCC1. The molecule has 222 valence electrons. The summed E-state index contributed by atoms with van der Waals surface area (Å²) in [6.07, 6.45) is 6.62. The minimum absolute atomic E-state index is 0.0206. The Morgan fingerprint density at radius 1 is 1.02 bits per heavy atom. The lowest BCUT2D eigenvalue weighted by atomic mass is 9.87. The monoisotopic (exact) mass is 564 g/mol. The zero-order valence-electron chi connectivity index (χ0n) is 24.5. The van der Waals surface area contributed by atoms with Gasteiger partial charge in [-0.3, -0.25) is 24.0 Å². The van der Waals surface area contributed by atoms with Crippen LogP contribution in [0.3, 0.4) is 0 Å². The molecule has 9 nitrogen and oxygen atoms in total. The van der Waals surface area contributed by atoms with E-state index in [9.17, 15) is 24.0 Å². The summed E-state index contributed by atoms with van der Waals surface area (Å²) in [6.45, 7) is 4.54. The summed E-state index contributed by atoms with van der Waals surface area (Å²) < 4.78 is 1.84. The van der Waals surface area contributed by atoms with Crippen LogP contribution in [-0.2, 0) is 26.2 Å². The highest BCUT2D eigenvalue weighted by Crippen LogP contribution is 2.25. The molecule has 2 aliphatic rings. The number of rotatable bonds is 12. The van der Waals surface area contributed by atoms with Crippen molar-refractivity contribution in [3.05, 3.63) is 36.0 Å². The van der Waals surface area contributed by atoms with Crippen LogP contribution in [0.15, 0.2) is 30.3 Å². The molecule has 1 aliphatic carbocycles. The van der Waals surface area contributed by atoms with Gasteiger partial charge in [0.25, 0.3) is 5.91 Å². The fourth-order valence-corrected chi connectivity index (χ4v) is 6.26. The molecule has 3 amide bonds. The van der Waals surface area contributed by atoms with E-state index in [0.717, 1.165) is 49.4 Å². The van der Waals surface area contributed by atoms with Crippen LogP contribution < -0.4 is 16.0 Å². The number of carbonyl (C=O) groups excluding carboxylic acids is 5. The number of benzene rings is 1. The Bertz CT molecular complexity index is 1280. The van der Waals surface area contributed by atoms with Crippen molar-refractivity contribution in [1.29, 1.82) is 0 Å². The summed E-state index contributed by atoms with van der Waals surface area (Å²) in [5.41, 5.74) is 1.45. The Morgan fingerprint density at radius 2 is 1.76 bits per heavy atom. The van der Waals surface area contributed by atoms with E-state index in [1.54, 1.807) is 0 Å². The molecule has 0 spiro atoms. The molecule has 1 aromatic carbocycles. The number of piperidine rings is 1. The van der Waals surface area contributed by atoms with Gasteiger partial charge < -0.3 is 20.5 Å². The molecule has 1 saturated heterocycles. The molecule has 0 radical (unpaired) electrons. The van der Waals surface area contributed by atoms with Gasteiger partial charge in [-0.05, 0) is 56.6 Å².